The topological polar surface area (TPSA) is 105 Å². The molecular formula is C18H24N2O6. The van der Waals surface area contributed by atoms with Crippen molar-refractivity contribution >= 4 is 17.8 Å². The van der Waals surface area contributed by atoms with Crippen molar-refractivity contribution in [3.63, 3.8) is 0 Å². The Labute approximate surface area is 152 Å². The SMILES string of the molecule is CCOc1cc(C(=O)N[C@H]2CCN(C(C)C)C2=O)ccc1OCC(=O)O. The number of hydrogen-bond acceptors (Lipinski definition) is 5. The predicted molar refractivity (Wildman–Crippen MR) is 93.5 cm³/mol. The highest BCUT2D eigenvalue weighted by Gasteiger charge is 2.34. The quantitative estimate of drug-likeness (QED) is 0.720. The molecule has 0 aliphatic carbocycles. The van der Waals surface area contributed by atoms with Crippen molar-refractivity contribution in [3.8, 4) is 11.5 Å². The Morgan fingerprint density at radius 1 is 1.31 bits per heavy atom. The summed E-state index contributed by atoms with van der Waals surface area (Å²) < 4.78 is 10.6. The van der Waals surface area contributed by atoms with E-state index in [4.69, 9.17) is 14.6 Å². The van der Waals surface area contributed by atoms with Gasteiger partial charge in [0.1, 0.15) is 6.04 Å². The lowest BCUT2D eigenvalue weighted by molar-refractivity contribution is -0.139. The minimum absolute atomic E-state index is 0.0835. The molecule has 8 heteroatoms. The molecule has 26 heavy (non-hydrogen) atoms. The maximum Gasteiger partial charge on any atom is 0.341 e. The minimum atomic E-state index is -1.11. The number of ether oxygens (including phenoxy) is 2. The third-order valence-electron chi connectivity index (χ3n) is 4.03. The Morgan fingerprint density at radius 3 is 2.62 bits per heavy atom. The summed E-state index contributed by atoms with van der Waals surface area (Å²) in [7, 11) is 0. The highest BCUT2D eigenvalue weighted by atomic mass is 16.5. The summed E-state index contributed by atoms with van der Waals surface area (Å²) in [5.74, 6) is -1.06. The van der Waals surface area contributed by atoms with E-state index in [2.05, 4.69) is 5.32 Å². The van der Waals surface area contributed by atoms with E-state index >= 15 is 0 Å². The van der Waals surface area contributed by atoms with Crippen LogP contribution in [0, 0.1) is 0 Å². The Kier molecular flexibility index (Phi) is 6.43. The number of rotatable bonds is 8. The van der Waals surface area contributed by atoms with Crippen molar-refractivity contribution in [2.45, 2.75) is 39.3 Å². The first-order chi connectivity index (χ1) is 12.3. The molecule has 2 N–H and O–H groups in total. The second kappa shape index (κ2) is 8.55. The number of carbonyl (C=O) groups excluding carboxylic acids is 2. The summed E-state index contributed by atoms with van der Waals surface area (Å²) in [6, 6.07) is 4.03. The second-order valence-electron chi connectivity index (χ2n) is 6.22. The minimum Gasteiger partial charge on any atom is -0.490 e. The Hall–Kier alpha value is -2.77. The lowest BCUT2D eigenvalue weighted by atomic mass is 10.1. The molecule has 1 aromatic carbocycles. The fourth-order valence-electron chi connectivity index (χ4n) is 2.77. The van der Waals surface area contributed by atoms with Crippen LogP contribution in [0.4, 0.5) is 0 Å². The average Bonchev–Trinajstić information content (AvgIpc) is 2.94. The molecule has 1 fully saturated rings. The molecule has 0 radical (unpaired) electrons. The Balaban J connectivity index is 2.10. The molecule has 1 aromatic rings. The van der Waals surface area contributed by atoms with Crippen molar-refractivity contribution < 1.29 is 29.0 Å². The molecule has 1 atom stereocenters. The fourth-order valence-corrected chi connectivity index (χ4v) is 2.77. The lowest BCUT2D eigenvalue weighted by Gasteiger charge is -2.21. The normalized spacial score (nSPS) is 16.7. The molecule has 0 spiro atoms. The van der Waals surface area contributed by atoms with Crippen LogP contribution in [0.1, 0.15) is 37.6 Å². The van der Waals surface area contributed by atoms with Gasteiger partial charge in [0.15, 0.2) is 18.1 Å². The van der Waals surface area contributed by atoms with Gasteiger partial charge in [0, 0.05) is 18.2 Å². The van der Waals surface area contributed by atoms with Crippen molar-refractivity contribution in [2.24, 2.45) is 0 Å². The first-order valence-corrected chi connectivity index (χ1v) is 8.56. The number of benzene rings is 1. The van der Waals surface area contributed by atoms with Gasteiger partial charge < -0.3 is 24.8 Å². The Morgan fingerprint density at radius 2 is 2.04 bits per heavy atom. The summed E-state index contributed by atoms with van der Waals surface area (Å²) in [5.41, 5.74) is 0.312. The van der Waals surface area contributed by atoms with Gasteiger partial charge in [-0.2, -0.15) is 0 Å². The number of aliphatic carboxylic acids is 1. The Bertz CT molecular complexity index is 688. The number of likely N-dealkylation sites (tertiary alicyclic amines) is 1. The van der Waals surface area contributed by atoms with Crippen LogP contribution in [0.3, 0.4) is 0 Å². The van der Waals surface area contributed by atoms with E-state index in [-0.39, 0.29) is 29.4 Å². The molecule has 8 nitrogen and oxygen atoms in total. The molecule has 1 heterocycles. The lowest BCUT2D eigenvalue weighted by Crippen LogP contribution is -2.43. The molecular weight excluding hydrogens is 340 g/mol. The van der Waals surface area contributed by atoms with Crippen LogP contribution in [-0.2, 0) is 9.59 Å². The van der Waals surface area contributed by atoms with Crippen molar-refractivity contribution in [1.82, 2.24) is 10.2 Å². The molecule has 1 saturated heterocycles. The average molecular weight is 364 g/mol. The van der Waals surface area contributed by atoms with Gasteiger partial charge in [-0.05, 0) is 45.4 Å². The van der Waals surface area contributed by atoms with Crippen LogP contribution >= 0.6 is 0 Å². The van der Waals surface area contributed by atoms with Crippen molar-refractivity contribution in [2.75, 3.05) is 19.8 Å². The number of carboxylic acid groups (broad SMARTS) is 1. The zero-order valence-electron chi connectivity index (χ0n) is 15.2. The molecule has 142 valence electrons. The fraction of sp³-hybridized carbons (Fsp3) is 0.500. The number of amides is 2. The highest BCUT2D eigenvalue weighted by Crippen LogP contribution is 2.28. The number of hydrogen-bond donors (Lipinski definition) is 2. The number of nitrogens with zero attached hydrogens (tertiary/aromatic N) is 1. The zero-order valence-corrected chi connectivity index (χ0v) is 15.2. The van der Waals surface area contributed by atoms with E-state index in [1.165, 1.54) is 18.2 Å². The van der Waals surface area contributed by atoms with E-state index < -0.39 is 18.6 Å². The van der Waals surface area contributed by atoms with E-state index in [1.54, 1.807) is 11.8 Å². The van der Waals surface area contributed by atoms with Gasteiger partial charge in [0.2, 0.25) is 5.91 Å². The monoisotopic (exact) mass is 364 g/mol. The highest BCUT2D eigenvalue weighted by molar-refractivity contribution is 5.98. The number of carbonyl (C=O) groups is 3. The summed E-state index contributed by atoms with van der Waals surface area (Å²) in [4.78, 5) is 37.2. The molecule has 0 unspecified atom stereocenters. The second-order valence-corrected chi connectivity index (χ2v) is 6.22. The third-order valence-corrected chi connectivity index (χ3v) is 4.03. The number of carboxylic acids is 1. The van der Waals surface area contributed by atoms with E-state index in [1.807, 2.05) is 13.8 Å². The van der Waals surface area contributed by atoms with Crippen LogP contribution in [0.25, 0.3) is 0 Å². The maximum absolute atomic E-state index is 12.5. The summed E-state index contributed by atoms with van der Waals surface area (Å²) in [5, 5.41) is 11.5. The van der Waals surface area contributed by atoms with Gasteiger partial charge in [-0.1, -0.05) is 0 Å². The summed E-state index contributed by atoms with van der Waals surface area (Å²) >= 11 is 0. The van der Waals surface area contributed by atoms with Gasteiger partial charge >= 0.3 is 5.97 Å². The van der Waals surface area contributed by atoms with Gasteiger partial charge in [-0.25, -0.2) is 4.79 Å². The van der Waals surface area contributed by atoms with Gasteiger partial charge in [-0.15, -0.1) is 0 Å². The molecule has 0 bridgehead atoms. The van der Waals surface area contributed by atoms with E-state index in [9.17, 15) is 14.4 Å². The van der Waals surface area contributed by atoms with Crippen LogP contribution in [0.5, 0.6) is 11.5 Å². The van der Waals surface area contributed by atoms with Gasteiger partial charge in [0.05, 0.1) is 6.61 Å². The van der Waals surface area contributed by atoms with Gasteiger partial charge in [-0.3, -0.25) is 9.59 Å². The van der Waals surface area contributed by atoms with E-state index in [0.29, 0.717) is 25.1 Å². The first kappa shape index (κ1) is 19.6. The van der Waals surface area contributed by atoms with E-state index in [0.717, 1.165) is 0 Å². The molecule has 2 rings (SSSR count). The summed E-state index contributed by atoms with van der Waals surface area (Å²) in [6.45, 7) is 6.09. The maximum atomic E-state index is 12.5. The first-order valence-electron chi connectivity index (χ1n) is 8.56. The predicted octanol–water partition coefficient (Wildman–Crippen LogP) is 1.29. The summed E-state index contributed by atoms with van der Waals surface area (Å²) in [6.07, 6.45) is 0.570. The zero-order chi connectivity index (χ0) is 19.3. The van der Waals surface area contributed by atoms with Crippen molar-refractivity contribution in [1.29, 1.82) is 0 Å². The van der Waals surface area contributed by atoms with Crippen LogP contribution in [-0.4, -0.2) is 59.6 Å². The van der Waals surface area contributed by atoms with Crippen molar-refractivity contribution in [3.05, 3.63) is 23.8 Å². The molecule has 1 aliphatic heterocycles. The van der Waals surface area contributed by atoms with Gasteiger partial charge in [0.25, 0.3) is 5.91 Å². The smallest absolute Gasteiger partial charge is 0.341 e. The largest absolute Gasteiger partial charge is 0.490 e. The molecule has 0 saturated carbocycles. The van der Waals surface area contributed by atoms with Crippen LogP contribution in [0.15, 0.2) is 18.2 Å². The molecule has 2 amide bonds. The molecule has 0 aromatic heterocycles. The number of nitrogens with one attached hydrogen (secondary N) is 1. The van der Waals surface area contributed by atoms with Crippen LogP contribution in [0.2, 0.25) is 0 Å². The third kappa shape index (κ3) is 4.65. The van der Waals surface area contributed by atoms with Crippen LogP contribution < -0.4 is 14.8 Å². The molecule has 1 aliphatic rings. The standard InChI is InChI=1S/C18H24N2O6/c1-4-25-15-9-12(5-6-14(15)26-10-16(21)22)17(23)19-13-7-8-20(11(2)3)18(13)24/h5-6,9,11,13H,4,7-8,10H2,1-3H3,(H,19,23)(H,21,22)/t13-/m0/s1.